The van der Waals surface area contributed by atoms with Gasteiger partial charge in [-0.05, 0) is 24.6 Å². The fourth-order valence-electron chi connectivity index (χ4n) is 2.70. The first-order valence-electron chi connectivity index (χ1n) is 8.45. The average Bonchev–Trinajstić information content (AvgIpc) is 3.12. The molecule has 0 aliphatic heterocycles. The first kappa shape index (κ1) is 17.9. The Balaban J connectivity index is 1.75. The van der Waals surface area contributed by atoms with Crippen molar-refractivity contribution in [3.05, 3.63) is 72.1 Å². The van der Waals surface area contributed by atoms with E-state index in [0.717, 1.165) is 15.1 Å². The molecule has 2 heterocycles. The van der Waals surface area contributed by atoms with E-state index in [-0.39, 0.29) is 34.5 Å². The van der Waals surface area contributed by atoms with Crippen LogP contribution in [-0.2, 0) is 16.6 Å². The minimum atomic E-state index is -3.89. The third-order valence-electron chi connectivity index (χ3n) is 4.15. The van der Waals surface area contributed by atoms with Crippen LogP contribution in [0.15, 0.2) is 65.8 Å². The van der Waals surface area contributed by atoms with Crippen molar-refractivity contribution in [3.8, 4) is 5.88 Å². The monoisotopic (exact) mass is 395 g/mol. The van der Waals surface area contributed by atoms with Crippen molar-refractivity contribution in [2.75, 3.05) is 5.73 Å². The van der Waals surface area contributed by atoms with E-state index < -0.39 is 10.0 Å². The SMILES string of the molecule is Cc1ccc(S(=O)(=O)n2cnc3c(OCc4ccccc4)nc(N)nc32)cc1. The number of fused-ring (bicyclic) bond motifs is 1. The van der Waals surface area contributed by atoms with Crippen molar-refractivity contribution >= 4 is 27.1 Å². The number of rotatable bonds is 5. The minimum absolute atomic E-state index is 0.0659. The number of nitrogen functional groups attached to an aromatic ring is 1. The third kappa shape index (κ3) is 3.27. The topological polar surface area (TPSA) is 113 Å². The van der Waals surface area contributed by atoms with Crippen LogP contribution in [0.25, 0.3) is 11.2 Å². The molecule has 0 fully saturated rings. The molecule has 2 aromatic heterocycles. The number of hydrogen-bond donors (Lipinski definition) is 1. The van der Waals surface area contributed by atoms with E-state index >= 15 is 0 Å². The van der Waals surface area contributed by atoms with Crippen molar-refractivity contribution < 1.29 is 13.2 Å². The first-order valence-corrected chi connectivity index (χ1v) is 9.89. The summed E-state index contributed by atoms with van der Waals surface area (Å²) in [5.74, 6) is 0.0284. The van der Waals surface area contributed by atoms with Crippen molar-refractivity contribution in [2.45, 2.75) is 18.4 Å². The normalized spacial score (nSPS) is 11.6. The Hall–Kier alpha value is -3.46. The largest absolute Gasteiger partial charge is 0.471 e. The van der Waals surface area contributed by atoms with Crippen LogP contribution >= 0.6 is 0 Å². The lowest BCUT2D eigenvalue weighted by Gasteiger charge is -2.08. The van der Waals surface area contributed by atoms with Crippen molar-refractivity contribution in [1.82, 2.24) is 18.9 Å². The molecule has 0 aliphatic rings. The van der Waals surface area contributed by atoms with Gasteiger partial charge < -0.3 is 10.5 Å². The van der Waals surface area contributed by atoms with Gasteiger partial charge in [-0.15, -0.1) is 0 Å². The molecule has 142 valence electrons. The molecule has 0 unspecified atom stereocenters. The number of aryl methyl sites for hydroxylation is 1. The molecule has 0 spiro atoms. The molecular formula is C19H17N5O3S. The van der Waals surface area contributed by atoms with Crippen LogP contribution in [0.2, 0.25) is 0 Å². The Bertz CT molecular complexity index is 1240. The van der Waals surface area contributed by atoms with E-state index in [0.29, 0.717) is 0 Å². The second-order valence-corrected chi connectivity index (χ2v) is 8.01. The third-order valence-corrected chi connectivity index (χ3v) is 5.80. The highest BCUT2D eigenvalue weighted by atomic mass is 32.2. The smallest absolute Gasteiger partial charge is 0.270 e. The standard InChI is InChI=1S/C19H17N5O3S/c1-13-7-9-15(10-8-13)28(25,26)24-12-21-16-17(24)22-19(20)23-18(16)27-11-14-5-3-2-4-6-14/h2-10,12H,11H2,1H3,(H2,20,22,23). The van der Waals surface area contributed by atoms with Crippen molar-refractivity contribution in [1.29, 1.82) is 0 Å². The molecule has 2 aromatic carbocycles. The maximum Gasteiger partial charge on any atom is 0.270 e. The number of hydrogen-bond acceptors (Lipinski definition) is 7. The quantitative estimate of drug-likeness (QED) is 0.552. The summed E-state index contributed by atoms with van der Waals surface area (Å²) in [6, 6.07) is 16.0. The summed E-state index contributed by atoms with van der Waals surface area (Å²) < 4.78 is 32.7. The van der Waals surface area contributed by atoms with E-state index in [1.165, 1.54) is 18.5 Å². The lowest BCUT2D eigenvalue weighted by atomic mass is 10.2. The number of aromatic nitrogens is 4. The van der Waals surface area contributed by atoms with Crippen molar-refractivity contribution in [3.63, 3.8) is 0 Å². The van der Waals surface area contributed by atoms with E-state index in [4.69, 9.17) is 10.5 Å². The van der Waals surface area contributed by atoms with Gasteiger partial charge in [-0.25, -0.2) is 17.4 Å². The summed E-state index contributed by atoms with van der Waals surface area (Å²) in [5.41, 5.74) is 7.96. The minimum Gasteiger partial charge on any atom is -0.471 e. The van der Waals surface area contributed by atoms with E-state index in [2.05, 4.69) is 15.0 Å². The Morgan fingerprint density at radius 1 is 1.04 bits per heavy atom. The summed E-state index contributed by atoms with van der Waals surface area (Å²) in [7, 11) is -3.89. The molecule has 0 amide bonds. The zero-order valence-corrected chi connectivity index (χ0v) is 15.8. The van der Waals surface area contributed by atoms with Crippen LogP contribution in [0.1, 0.15) is 11.1 Å². The zero-order valence-electron chi connectivity index (χ0n) is 15.0. The molecule has 8 nitrogen and oxygen atoms in total. The Morgan fingerprint density at radius 2 is 1.75 bits per heavy atom. The van der Waals surface area contributed by atoms with Crippen LogP contribution in [0.4, 0.5) is 5.95 Å². The number of benzene rings is 2. The number of ether oxygens (including phenoxy) is 1. The van der Waals surface area contributed by atoms with Gasteiger partial charge in [0, 0.05) is 0 Å². The predicted octanol–water partition coefficient (Wildman–Crippen LogP) is 2.53. The van der Waals surface area contributed by atoms with Gasteiger partial charge in [-0.3, -0.25) is 0 Å². The molecule has 28 heavy (non-hydrogen) atoms. The van der Waals surface area contributed by atoms with Gasteiger partial charge in [0.25, 0.3) is 10.0 Å². The summed E-state index contributed by atoms with van der Waals surface area (Å²) in [6.07, 6.45) is 1.18. The van der Waals surface area contributed by atoms with Gasteiger partial charge in [0.05, 0.1) is 4.90 Å². The lowest BCUT2D eigenvalue weighted by Crippen LogP contribution is -2.13. The molecule has 0 radical (unpaired) electrons. The molecule has 4 rings (SSSR count). The summed E-state index contributed by atoms with van der Waals surface area (Å²) in [4.78, 5) is 12.4. The van der Waals surface area contributed by atoms with Gasteiger partial charge in [0.15, 0.2) is 11.2 Å². The Kier molecular flexibility index (Phi) is 4.44. The lowest BCUT2D eigenvalue weighted by molar-refractivity contribution is 0.297. The van der Waals surface area contributed by atoms with Gasteiger partial charge in [-0.1, -0.05) is 48.0 Å². The molecular weight excluding hydrogens is 378 g/mol. The van der Waals surface area contributed by atoms with Crippen LogP contribution in [0, 0.1) is 6.92 Å². The van der Waals surface area contributed by atoms with Crippen LogP contribution in [-0.4, -0.2) is 27.3 Å². The highest BCUT2D eigenvalue weighted by molar-refractivity contribution is 7.90. The highest BCUT2D eigenvalue weighted by Crippen LogP contribution is 2.26. The van der Waals surface area contributed by atoms with E-state index in [1.807, 2.05) is 37.3 Å². The van der Waals surface area contributed by atoms with Crippen LogP contribution in [0.3, 0.4) is 0 Å². The number of nitrogens with two attached hydrogens (primary N) is 1. The summed E-state index contributed by atoms with van der Waals surface area (Å²) >= 11 is 0. The molecule has 0 atom stereocenters. The first-order chi connectivity index (χ1) is 13.4. The van der Waals surface area contributed by atoms with Gasteiger partial charge in [0.1, 0.15) is 12.9 Å². The molecule has 0 saturated carbocycles. The van der Waals surface area contributed by atoms with Crippen LogP contribution < -0.4 is 10.5 Å². The molecule has 2 N–H and O–H groups in total. The maximum absolute atomic E-state index is 13.0. The Morgan fingerprint density at radius 3 is 2.46 bits per heavy atom. The van der Waals surface area contributed by atoms with Gasteiger partial charge in [-0.2, -0.15) is 9.97 Å². The second kappa shape index (κ2) is 6.93. The predicted molar refractivity (Wildman–Crippen MR) is 104 cm³/mol. The van der Waals surface area contributed by atoms with Gasteiger partial charge in [0.2, 0.25) is 11.8 Å². The van der Waals surface area contributed by atoms with Gasteiger partial charge >= 0.3 is 0 Å². The fourth-order valence-corrected chi connectivity index (χ4v) is 3.93. The van der Waals surface area contributed by atoms with E-state index in [1.54, 1.807) is 12.1 Å². The second-order valence-electron chi connectivity index (χ2n) is 6.19. The maximum atomic E-state index is 13.0. The molecule has 0 saturated heterocycles. The van der Waals surface area contributed by atoms with Crippen molar-refractivity contribution in [2.24, 2.45) is 0 Å². The summed E-state index contributed by atoms with van der Waals surface area (Å²) in [6.45, 7) is 2.12. The highest BCUT2D eigenvalue weighted by Gasteiger charge is 2.23. The number of imidazole rings is 1. The fraction of sp³-hybridized carbons (Fsp3) is 0.105. The number of anilines is 1. The Labute approximate surface area is 161 Å². The zero-order chi connectivity index (χ0) is 19.7. The average molecular weight is 395 g/mol. The molecule has 0 bridgehead atoms. The number of nitrogens with zero attached hydrogens (tertiary/aromatic N) is 4. The molecule has 4 aromatic rings. The molecule has 9 heteroatoms. The summed E-state index contributed by atoms with van der Waals surface area (Å²) in [5, 5.41) is 0. The molecule has 0 aliphatic carbocycles. The van der Waals surface area contributed by atoms with E-state index in [9.17, 15) is 8.42 Å². The van der Waals surface area contributed by atoms with Crippen LogP contribution in [0.5, 0.6) is 5.88 Å².